The fourth-order valence-corrected chi connectivity index (χ4v) is 3.70. The summed E-state index contributed by atoms with van der Waals surface area (Å²) < 4.78 is 5.57. The van der Waals surface area contributed by atoms with Gasteiger partial charge in [0.1, 0.15) is 17.5 Å². The SMILES string of the molecule is C[C@@H]1COCCN1c1cc(C#CC(=O)N(C)Cc2ccccc2)c(C=N)c(Nc2ccn[nH]2)n1. The number of hydrogen-bond acceptors (Lipinski definition) is 7. The van der Waals surface area contributed by atoms with E-state index in [1.165, 1.54) is 6.21 Å². The summed E-state index contributed by atoms with van der Waals surface area (Å²) in [6.07, 6.45) is 2.82. The molecule has 1 atom stereocenters. The fourth-order valence-electron chi connectivity index (χ4n) is 3.70. The van der Waals surface area contributed by atoms with Crippen LogP contribution in [0, 0.1) is 17.3 Å². The van der Waals surface area contributed by atoms with Crippen LogP contribution < -0.4 is 10.2 Å². The number of H-pyrrole nitrogens is 1. The van der Waals surface area contributed by atoms with Gasteiger partial charge in [-0.1, -0.05) is 36.3 Å². The lowest BCUT2D eigenvalue weighted by Crippen LogP contribution is -2.44. The summed E-state index contributed by atoms with van der Waals surface area (Å²) in [5.41, 5.74) is 2.06. The highest BCUT2D eigenvalue weighted by Gasteiger charge is 2.22. The number of benzene rings is 1. The highest BCUT2D eigenvalue weighted by molar-refractivity contribution is 5.96. The third-order valence-electron chi connectivity index (χ3n) is 5.52. The zero-order chi connectivity index (χ0) is 23.9. The lowest BCUT2D eigenvalue weighted by molar-refractivity contribution is -0.124. The van der Waals surface area contributed by atoms with Crippen LogP contribution in [-0.2, 0) is 16.1 Å². The first-order valence-corrected chi connectivity index (χ1v) is 11.0. The Balaban J connectivity index is 1.67. The van der Waals surface area contributed by atoms with Crippen LogP contribution in [0.5, 0.6) is 0 Å². The zero-order valence-electron chi connectivity index (χ0n) is 19.2. The van der Waals surface area contributed by atoms with Gasteiger partial charge < -0.3 is 25.3 Å². The number of hydrogen-bond donors (Lipinski definition) is 3. The molecule has 3 heterocycles. The molecule has 9 nitrogen and oxygen atoms in total. The lowest BCUT2D eigenvalue weighted by Gasteiger charge is -2.34. The first-order valence-electron chi connectivity index (χ1n) is 11.0. The molecule has 0 saturated carbocycles. The average molecular weight is 458 g/mol. The molecule has 3 N–H and O–H groups in total. The van der Waals surface area contributed by atoms with Gasteiger partial charge in [-0.25, -0.2) is 4.98 Å². The Morgan fingerprint density at radius 1 is 1.38 bits per heavy atom. The van der Waals surface area contributed by atoms with Crippen molar-refractivity contribution in [3.63, 3.8) is 0 Å². The summed E-state index contributed by atoms with van der Waals surface area (Å²) in [6.45, 7) is 4.42. The standard InChI is InChI=1S/C25H27N7O2/c1-18-17-34-13-12-32(18)23-14-20(21(15-26)25(29-23)28-22-10-11-27-30-22)8-9-24(33)31(2)16-19-6-4-3-5-7-19/h3-7,10-11,14-15,18,26H,12-13,16-17H2,1-2H3,(H2,27,28,29,30)/t18-/m1/s1. The van der Waals surface area contributed by atoms with Gasteiger partial charge in [-0.2, -0.15) is 5.10 Å². The predicted molar refractivity (Wildman–Crippen MR) is 131 cm³/mol. The maximum absolute atomic E-state index is 12.7. The fraction of sp³-hybridized carbons (Fsp3) is 0.280. The van der Waals surface area contributed by atoms with Gasteiger partial charge in [-0.15, -0.1) is 0 Å². The van der Waals surface area contributed by atoms with Crippen LogP contribution in [0.4, 0.5) is 17.5 Å². The summed E-state index contributed by atoms with van der Waals surface area (Å²) >= 11 is 0. The van der Waals surface area contributed by atoms with Crippen molar-refractivity contribution in [3.05, 3.63) is 65.4 Å². The van der Waals surface area contributed by atoms with E-state index in [0.717, 1.165) is 5.56 Å². The minimum absolute atomic E-state index is 0.131. The summed E-state index contributed by atoms with van der Waals surface area (Å²) in [6, 6.07) is 13.5. The number of anilines is 3. The molecule has 0 bridgehead atoms. The van der Waals surface area contributed by atoms with Crippen LogP contribution in [-0.4, -0.2) is 65.1 Å². The molecule has 3 aromatic rings. The number of carbonyl (C=O) groups is 1. The second-order valence-electron chi connectivity index (χ2n) is 8.04. The Hall–Kier alpha value is -4.16. The normalized spacial score (nSPS) is 15.2. The highest BCUT2D eigenvalue weighted by Crippen LogP contribution is 2.26. The van der Waals surface area contributed by atoms with Crippen LogP contribution >= 0.6 is 0 Å². The molecule has 0 unspecified atom stereocenters. The maximum Gasteiger partial charge on any atom is 0.298 e. The third kappa shape index (κ3) is 5.42. The van der Waals surface area contributed by atoms with Gasteiger partial charge in [0.2, 0.25) is 0 Å². The molecule has 2 aromatic heterocycles. The topological polar surface area (TPSA) is 110 Å². The van der Waals surface area contributed by atoms with E-state index < -0.39 is 0 Å². The summed E-state index contributed by atoms with van der Waals surface area (Å²) in [4.78, 5) is 21.2. The van der Waals surface area contributed by atoms with Gasteiger partial charge in [-0.3, -0.25) is 9.89 Å². The monoisotopic (exact) mass is 457 g/mol. The number of rotatable bonds is 6. The Morgan fingerprint density at radius 2 is 2.21 bits per heavy atom. The van der Waals surface area contributed by atoms with Crippen molar-refractivity contribution in [2.24, 2.45) is 0 Å². The van der Waals surface area contributed by atoms with Gasteiger partial charge in [-0.05, 0) is 18.6 Å². The number of ether oxygens (including phenoxy) is 1. The van der Waals surface area contributed by atoms with Crippen molar-refractivity contribution in [1.29, 1.82) is 5.41 Å². The van der Waals surface area contributed by atoms with Crippen LogP contribution in [0.25, 0.3) is 0 Å². The third-order valence-corrected chi connectivity index (χ3v) is 5.52. The number of amides is 1. The van der Waals surface area contributed by atoms with Gasteiger partial charge >= 0.3 is 0 Å². The van der Waals surface area contributed by atoms with E-state index in [0.29, 0.717) is 54.9 Å². The average Bonchev–Trinajstić information content (AvgIpc) is 3.36. The molecule has 9 heteroatoms. The Bertz CT molecular complexity index is 1200. The summed E-state index contributed by atoms with van der Waals surface area (Å²) in [5.74, 6) is 7.23. The number of morpholine rings is 1. The minimum Gasteiger partial charge on any atom is -0.377 e. The second-order valence-corrected chi connectivity index (χ2v) is 8.04. The first-order chi connectivity index (χ1) is 16.5. The number of aromatic nitrogens is 3. The van der Waals surface area contributed by atoms with E-state index in [1.54, 1.807) is 24.2 Å². The number of aromatic amines is 1. The van der Waals surface area contributed by atoms with Crippen LogP contribution in [0.15, 0.2) is 48.7 Å². The van der Waals surface area contributed by atoms with Gasteiger partial charge in [0.25, 0.3) is 5.91 Å². The van der Waals surface area contributed by atoms with Gasteiger partial charge in [0, 0.05) is 43.9 Å². The molecule has 0 radical (unpaired) electrons. The Kier molecular flexibility index (Phi) is 7.20. The second kappa shape index (κ2) is 10.6. The van der Waals surface area contributed by atoms with E-state index in [9.17, 15) is 4.79 Å². The number of nitrogens with one attached hydrogen (secondary N) is 3. The zero-order valence-corrected chi connectivity index (χ0v) is 19.2. The van der Waals surface area contributed by atoms with Gasteiger partial charge in [0.05, 0.1) is 31.0 Å². The van der Waals surface area contributed by atoms with E-state index in [-0.39, 0.29) is 11.9 Å². The van der Waals surface area contributed by atoms with Crippen molar-refractivity contribution in [2.75, 3.05) is 37.0 Å². The molecule has 34 heavy (non-hydrogen) atoms. The van der Waals surface area contributed by atoms with Crippen molar-refractivity contribution in [1.82, 2.24) is 20.1 Å². The van der Waals surface area contributed by atoms with Crippen LogP contribution in [0.1, 0.15) is 23.6 Å². The minimum atomic E-state index is -0.305. The van der Waals surface area contributed by atoms with Gasteiger partial charge in [0.15, 0.2) is 0 Å². The largest absolute Gasteiger partial charge is 0.377 e. The number of pyridine rings is 1. The molecular formula is C25H27N7O2. The number of carbonyl (C=O) groups excluding carboxylic acids is 1. The van der Waals surface area contributed by atoms with Crippen molar-refractivity contribution in [2.45, 2.75) is 19.5 Å². The van der Waals surface area contributed by atoms with Crippen LogP contribution in [0.2, 0.25) is 0 Å². The van der Waals surface area contributed by atoms with E-state index in [2.05, 4.69) is 39.2 Å². The summed E-state index contributed by atoms with van der Waals surface area (Å²) in [7, 11) is 1.72. The first kappa shape index (κ1) is 23.0. The lowest BCUT2D eigenvalue weighted by atomic mass is 10.1. The smallest absolute Gasteiger partial charge is 0.298 e. The quantitative estimate of drug-likeness (QED) is 0.388. The molecule has 1 aliphatic heterocycles. The predicted octanol–water partition coefficient (Wildman–Crippen LogP) is 2.78. The molecule has 4 rings (SSSR count). The molecule has 1 amide bonds. The van der Waals surface area contributed by atoms with E-state index in [1.807, 2.05) is 36.4 Å². The van der Waals surface area contributed by atoms with Crippen molar-refractivity contribution < 1.29 is 9.53 Å². The molecule has 0 spiro atoms. The molecule has 1 saturated heterocycles. The Morgan fingerprint density at radius 3 is 2.91 bits per heavy atom. The van der Waals surface area contributed by atoms with E-state index in [4.69, 9.17) is 15.1 Å². The molecule has 0 aliphatic carbocycles. The number of nitrogens with zero attached hydrogens (tertiary/aromatic N) is 4. The Labute approximate surface area is 198 Å². The molecule has 1 aliphatic rings. The molecule has 174 valence electrons. The van der Waals surface area contributed by atoms with Crippen molar-refractivity contribution in [3.8, 4) is 11.8 Å². The maximum atomic E-state index is 12.7. The molecular weight excluding hydrogens is 430 g/mol. The van der Waals surface area contributed by atoms with E-state index >= 15 is 0 Å². The van der Waals surface area contributed by atoms with Crippen LogP contribution in [0.3, 0.4) is 0 Å². The highest BCUT2D eigenvalue weighted by atomic mass is 16.5. The summed E-state index contributed by atoms with van der Waals surface area (Å²) in [5, 5.41) is 18.0. The molecule has 1 aromatic carbocycles. The van der Waals surface area contributed by atoms with Crippen molar-refractivity contribution >= 4 is 29.6 Å². The molecule has 1 fully saturated rings.